The Morgan fingerprint density at radius 3 is 2.47 bits per heavy atom. The summed E-state index contributed by atoms with van der Waals surface area (Å²) in [7, 11) is -3.87. The maximum Gasteiger partial charge on any atom is 0.252 e. The van der Waals surface area contributed by atoms with Gasteiger partial charge in [0.1, 0.15) is 0 Å². The molecule has 2 aromatic carbocycles. The summed E-state index contributed by atoms with van der Waals surface area (Å²) in [5.74, 6) is 0. The van der Waals surface area contributed by atoms with Gasteiger partial charge in [0, 0.05) is 46.4 Å². The molecule has 0 amide bonds. The third kappa shape index (κ3) is 4.67. The Hall–Kier alpha value is -2.81. The molecule has 8 heteroatoms. The monoisotopic (exact) mass is 511 g/mol. The first kappa shape index (κ1) is 22.4. The van der Waals surface area contributed by atoms with Gasteiger partial charge in [-0.25, -0.2) is 8.42 Å². The minimum atomic E-state index is -3.87. The highest BCUT2D eigenvalue weighted by Gasteiger charge is 2.26. The molecule has 0 saturated carbocycles. The molecule has 0 aliphatic rings. The third-order valence-electron chi connectivity index (χ3n) is 5.27. The molecule has 1 N–H and O–H groups in total. The fraction of sp³-hybridized carbons (Fsp3) is 0.167. The number of halogens is 1. The van der Waals surface area contributed by atoms with Crippen LogP contribution in [0.1, 0.15) is 22.3 Å². The number of nitrogens with one attached hydrogen (secondary N) is 1. The summed E-state index contributed by atoms with van der Waals surface area (Å²) < 4.78 is 29.1. The number of sulfonamides is 1. The second-order valence-corrected chi connectivity index (χ2v) is 10.6. The predicted molar refractivity (Wildman–Crippen MR) is 129 cm³/mol. The van der Waals surface area contributed by atoms with E-state index in [2.05, 4.69) is 25.9 Å². The Morgan fingerprint density at radius 2 is 1.78 bits per heavy atom. The van der Waals surface area contributed by atoms with Crippen molar-refractivity contribution in [3.63, 3.8) is 0 Å². The van der Waals surface area contributed by atoms with Crippen molar-refractivity contribution in [1.29, 1.82) is 0 Å². The largest absolute Gasteiger partial charge is 0.322 e. The molecule has 0 unspecified atom stereocenters. The van der Waals surface area contributed by atoms with Crippen LogP contribution in [0.3, 0.4) is 0 Å². The predicted octanol–water partition coefficient (Wildman–Crippen LogP) is 4.69. The van der Waals surface area contributed by atoms with E-state index in [1.165, 1.54) is 4.31 Å². The molecule has 0 spiro atoms. The average Bonchev–Trinajstić information content (AvgIpc) is 2.75. The summed E-state index contributed by atoms with van der Waals surface area (Å²) in [5.41, 5.74) is 3.63. The van der Waals surface area contributed by atoms with Gasteiger partial charge < -0.3 is 4.98 Å². The van der Waals surface area contributed by atoms with Crippen LogP contribution in [-0.2, 0) is 23.1 Å². The van der Waals surface area contributed by atoms with Crippen LogP contribution in [0.4, 0.5) is 0 Å². The van der Waals surface area contributed by atoms with Crippen LogP contribution in [0.2, 0.25) is 0 Å². The summed E-state index contributed by atoms with van der Waals surface area (Å²) in [5, 5.41) is 0.896. The molecule has 0 bridgehead atoms. The van der Waals surface area contributed by atoms with Crippen LogP contribution in [0.15, 0.2) is 81.2 Å². The second-order valence-electron chi connectivity index (χ2n) is 7.76. The van der Waals surface area contributed by atoms with E-state index in [0.717, 1.165) is 32.1 Å². The number of nitrogens with zero attached hydrogens (tertiary/aromatic N) is 2. The molecule has 6 nitrogen and oxygen atoms in total. The van der Waals surface area contributed by atoms with Gasteiger partial charge in [-0.1, -0.05) is 28.1 Å². The van der Waals surface area contributed by atoms with E-state index in [9.17, 15) is 13.2 Å². The van der Waals surface area contributed by atoms with E-state index in [1.807, 2.05) is 32.0 Å². The maximum atomic E-state index is 13.5. The minimum Gasteiger partial charge on any atom is -0.322 e. The van der Waals surface area contributed by atoms with E-state index < -0.39 is 10.0 Å². The van der Waals surface area contributed by atoms with Gasteiger partial charge >= 0.3 is 0 Å². The number of benzene rings is 2. The topological polar surface area (TPSA) is 83.1 Å². The molecule has 164 valence electrons. The van der Waals surface area contributed by atoms with Crippen molar-refractivity contribution in [3.8, 4) is 0 Å². The summed E-state index contributed by atoms with van der Waals surface area (Å²) in [6.45, 7) is 3.98. The van der Waals surface area contributed by atoms with Crippen LogP contribution < -0.4 is 5.56 Å². The van der Waals surface area contributed by atoms with E-state index >= 15 is 0 Å². The first-order valence-corrected chi connectivity index (χ1v) is 12.2. The summed E-state index contributed by atoms with van der Waals surface area (Å²) in [4.78, 5) is 20.0. The third-order valence-corrected chi connectivity index (χ3v) is 7.60. The van der Waals surface area contributed by atoms with Gasteiger partial charge in [-0.3, -0.25) is 9.78 Å². The lowest BCUT2D eigenvalue weighted by atomic mass is 10.0. The van der Waals surface area contributed by atoms with Crippen molar-refractivity contribution >= 4 is 36.9 Å². The zero-order valence-electron chi connectivity index (χ0n) is 17.7. The molecule has 0 radical (unpaired) electrons. The lowest BCUT2D eigenvalue weighted by molar-refractivity contribution is 0.399. The highest BCUT2D eigenvalue weighted by Crippen LogP contribution is 2.24. The number of rotatable bonds is 6. The number of hydrogen-bond donors (Lipinski definition) is 1. The van der Waals surface area contributed by atoms with E-state index in [0.29, 0.717) is 5.56 Å². The summed E-state index contributed by atoms with van der Waals surface area (Å²) >= 11 is 3.34. The molecule has 0 aliphatic carbocycles. The lowest BCUT2D eigenvalue weighted by Crippen LogP contribution is -2.32. The smallest absolute Gasteiger partial charge is 0.252 e. The molecule has 2 aromatic heterocycles. The van der Waals surface area contributed by atoms with Gasteiger partial charge in [0.2, 0.25) is 10.0 Å². The van der Waals surface area contributed by atoms with E-state index in [-0.39, 0.29) is 23.5 Å². The standard InChI is InChI=1S/C24H22BrN3O3S/c1-16-10-17(2)22-12-19(24(29)27-23(22)11-16)15-28(14-18-4-3-9-26-13-18)32(30,31)21-7-5-20(25)6-8-21/h3-13H,14-15H2,1-2H3,(H,27,29). The van der Waals surface area contributed by atoms with Gasteiger partial charge in [0.25, 0.3) is 5.56 Å². The number of hydrogen-bond acceptors (Lipinski definition) is 4. The highest BCUT2D eigenvalue weighted by molar-refractivity contribution is 9.10. The Bertz CT molecular complexity index is 1430. The Morgan fingerprint density at radius 1 is 1.03 bits per heavy atom. The molecular weight excluding hydrogens is 490 g/mol. The normalized spacial score (nSPS) is 11.9. The fourth-order valence-electron chi connectivity index (χ4n) is 3.70. The minimum absolute atomic E-state index is 0.0636. The Labute approximate surface area is 195 Å². The quantitative estimate of drug-likeness (QED) is 0.406. The lowest BCUT2D eigenvalue weighted by Gasteiger charge is -2.22. The van der Waals surface area contributed by atoms with Crippen LogP contribution in [-0.4, -0.2) is 22.7 Å². The molecule has 0 saturated heterocycles. The molecule has 0 atom stereocenters. The number of aryl methyl sites for hydroxylation is 2. The average molecular weight is 512 g/mol. The maximum absolute atomic E-state index is 13.5. The summed E-state index contributed by atoms with van der Waals surface area (Å²) in [6.07, 6.45) is 3.26. The number of H-pyrrole nitrogens is 1. The molecule has 4 aromatic rings. The molecular formula is C24H22BrN3O3S. The van der Waals surface area contributed by atoms with Crippen molar-refractivity contribution in [2.75, 3.05) is 0 Å². The van der Waals surface area contributed by atoms with E-state index in [1.54, 1.807) is 48.8 Å². The molecule has 4 rings (SSSR count). The highest BCUT2D eigenvalue weighted by atomic mass is 79.9. The molecule has 0 fully saturated rings. The Kier molecular flexibility index (Phi) is 6.28. The van der Waals surface area contributed by atoms with Crippen molar-refractivity contribution in [2.24, 2.45) is 0 Å². The second kappa shape index (κ2) is 8.97. The zero-order valence-corrected chi connectivity index (χ0v) is 20.1. The number of pyridine rings is 2. The van der Waals surface area contributed by atoms with E-state index in [4.69, 9.17) is 0 Å². The number of fused-ring (bicyclic) bond motifs is 1. The number of aromatic nitrogens is 2. The van der Waals surface area contributed by atoms with Crippen molar-refractivity contribution in [1.82, 2.24) is 14.3 Å². The van der Waals surface area contributed by atoms with Crippen LogP contribution in [0.5, 0.6) is 0 Å². The number of aromatic amines is 1. The van der Waals surface area contributed by atoms with Gasteiger partial charge in [0.15, 0.2) is 0 Å². The first-order valence-electron chi connectivity index (χ1n) is 10.0. The van der Waals surface area contributed by atoms with Crippen LogP contribution >= 0.6 is 15.9 Å². The zero-order chi connectivity index (χ0) is 22.9. The SMILES string of the molecule is Cc1cc(C)c2cc(CN(Cc3cccnc3)S(=O)(=O)c3ccc(Br)cc3)c(=O)[nH]c2c1. The van der Waals surface area contributed by atoms with Gasteiger partial charge in [-0.15, -0.1) is 0 Å². The molecule has 2 heterocycles. The van der Waals surface area contributed by atoms with Crippen molar-refractivity contribution in [2.45, 2.75) is 31.8 Å². The van der Waals surface area contributed by atoms with Gasteiger partial charge in [-0.05, 0) is 73.0 Å². The van der Waals surface area contributed by atoms with Crippen molar-refractivity contribution in [3.05, 3.63) is 104 Å². The Balaban J connectivity index is 1.79. The van der Waals surface area contributed by atoms with Gasteiger partial charge in [0.05, 0.1) is 4.90 Å². The van der Waals surface area contributed by atoms with Crippen molar-refractivity contribution < 1.29 is 8.42 Å². The van der Waals surface area contributed by atoms with Gasteiger partial charge in [-0.2, -0.15) is 4.31 Å². The van der Waals surface area contributed by atoms with Crippen LogP contribution in [0, 0.1) is 13.8 Å². The first-order chi connectivity index (χ1) is 15.2. The summed E-state index contributed by atoms with van der Waals surface area (Å²) in [6, 6.07) is 15.8. The molecule has 0 aliphatic heterocycles. The molecule has 32 heavy (non-hydrogen) atoms. The van der Waals surface area contributed by atoms with Crippen LogP contribution in [0.25, 0.3) is 10.9 Å². The fourth-order valence-corrected chi connectivity index (χ4v) is 5.37.